The van der Waals surface area contributed by atoms with Crippen LogP contribution in [0.3, 0.4) is 0 Å². The quantitative estimate of drug-likeness (QED) is 0.737. The SMILES string of the molecule is Cl.NCC(NS(=O)(=O)c1cccc(I)c1)C1CC1. The van der Waals surface area contributed by atoms with E-state index >= 15 is 0 Å². The van der Waals surface area contributed by atoms with Crippen LogP contribution < -0.4 is 10.5 Å². The van der Waals surface area contributed by atoms with Gasteiger partial charge in [-0.15, -0.1) is 12.4 Å². The summed E-state index contributed by atoms with van der Waals surface area (Å²) in [7, 11) is -3.43. The second kappa shape index (κ2) is 6.51. The lowest BCUT2D eigenvalue weighted by molar-refractivity contribution is 0.519. The number of nitrogens with two attached hydrogens (primary N) is 1. The highest BCUT2D eigenvalue weighted by Gasteiger charge is 2.33. The molecule has 1 atom stereocenters. The van der Waals surface area contributed by atoms with E-state index in [1.54, 1.807) is 18.2 Å². The highest BCUT2D eigenvalue weighted by molar-refractivity contribution is 14.1. The molecular weight excluding hydrogens is 387 g/mol. The molecule has 0 aliphatic heterocycles. The van der Waals surface area contributed by atoms with E-state index in [0.29, 0.717) is 17.4 Å². The summed E-state index contributed by atoms with van der Waals surface area (Å²) in [5, 5.41) is 0. The average Bonchev–Trinajstić information content (AvgIpc) is 3.10. The molecule has 0 radical (unpaired) electrons. The van der Waals surface area contributed by atoms with Crippen molar-refractivity contribution < 1.29 is 8.42 Å². The molecule has 1 aromatic carbocycles. The molecule has 0 spiro atoms. The van der Waals surface area contributed by atoms with E-state index in [2.05, 4.69) is 27.3 Å². The highest BCUT2D eigenvalue weighted by atomic mass is 127. The van der Waals surface area contributed by atoms with Crippen molar-refractivity contribution in [3.8, 4) is 0 Å². The lowest BCUT2D eigenvalue weighted by atomic mass is 10.2. The zero-order valence-electron chi connectivity index (χ0n) is 9.67. The van der Waals surface area contributed by atoms with Crippen LogP contribution in [-0.2, 0) is 10.0 Å². The number of benzene rings is 1. The molecule has 1 aliphatic carbocycles. The van der Waals surface area contributed by atoms with Gasteiger partial charge in [0.25, 0.3) is 0 Å². The fourth-order valence-corrected chi connectivity index (χ4v) is 3.85. The maximum Gasteiger partial charge on any atom is 0.240 e. The number of rotatable bonds is 5. The van der Waals surface area contributed by atoms with Crippen molar-refractivity contribution in [2.45, 2.75) is 23.8 Å². The van der Waals surface area contributed by atoms with Crippen molar-refractivity contribution in [3.63, 3.8) is 0 Å². The number of hydrogen-bond donors (Lipinski definition) is 2. The summed E-state index contributed by atoms with van der Waals surface area (Å²) in [5.74, 6) is 0.414. The summed E-state index contributed by atoms with van der Waals surface area (Å²) >= 11 is 2.10. The fraction of sp³-hybridized carbons (Fsp3) is 0.455. The van der Waals surface area contributed by atoms with Gasteiger partial charge in [0.05, 0.1) is 4.90 Å². The van der Waals surface area contributed by atoms with Gasteiger partial charge in [-0.2, -0.15) is 0 Å². The van der Waals surface area contributed by atoms with Crippen molar-refractivity contribution in [3.05, 3.63) is 27.8 Å². The molecular formula is C11H16ClIN2O2S. The standard InChI is InChI=1S/C11H15IN2O2S.ClH/c12-9-2-1-3-10(6-9)17(15,16)14-11(7-13)8-4-5-8;/h1-3,6,8,11,14H,4-5,7,13H2;1H. The molecule has 1 aliphatic rings. The van der Waals surface area contributed by atoms with Crippen molar-refractivity contribution in [1.82, 2.24) is 4.72 Å². The molecule has 1 aromatic rings. The molecule has 4 nitrogen and oxygen atoms in total. The molecule has 1 fully saturated rings. The Morgan fingerprint density at radius 3 is 2.61 bits per heavy atom. The number of sulfonamides is 1. The first-order valence-corrected chi connectivity index (χ1v) is 8.07. The van der Waals surface area contributed by atoms with Gasteiger partial charge in [0.1, 0.15) is 0 Å². The first-order chi connectivity index (χ1) is 8.03. The summed E-state index contributed by atoms with van der Waals surface area (Å²) < 4.78 is 27.8. The van der Waals surface area contributed by atoms with Gasteiger partial charge in [-0.1, -0.05) is 6.07 Å². The summed E-state index contributed by atoms with van der Waals surface area (Å²) in [6.45, 7) is 0.355. The third kappa shape index (κ3) is 4.06. The van der Waals surface area contributed by atoms with Gasteiger partial charge in [-0.05, 0) is 59.5 Å². The van der Waals surface area contributed by atoms with Crippen LogP contribution in [0.1, 0.15) is 12.8 Å². The third-order valence-corrected chi connectivity index (χ3v) is 5.02. The number of nitrogens with one attached hydrogen (secondary N) is 1. The molecule has 0 aromatic heterocycles. The first kappa shape index (κ1) is 16.2. The molecule has 0 saturated heterocycles. The predicted molar refractivity (Wildman–Crippen MR) is 82.3 cm³/mol. The molecule has 1 unspecified atom stereocenters. The molecule has 102 valence electrons. The topological polar surface area (TPSA) is 72.2 Å². The average molecular weight is 403 g/mol. The number of hydrogen-bond acceptors (Lipinski definition) is 3. The Morgan fingerprint density at radius 1 is 1.44 bits per heavy atom. The van der Waals surface area contributed by atoms with Gasteiger partial charge in [0, 0.05) is 16.2 Å². The van der Waals surface area contributed by atoms with Crippen molar-refractivity contribution in [1.29, 1.82) is 0 Å². The lowest BCUT2D eigenvalue weighted by Crippen LogP contribution is -2.41. The Morgan fingerprint density at radius 2 is 2.11 bits per heavy atom. The van der Waals surface area contributed by atoms with Crippen LogP contribution in [0, 0.1) is 9.49 Å². The van der Waals surface area contributed by atoms with Crippen LogP contribution in [0.4, 0.5) is 0 Å². The zero-order chi connectivity index (χ0) is 12.5. The summed E-state index contributed by atoms with van der Waals surface area (Å²) in [6, 6.07) is 6.73. The van der Waals surface area contributed by atoms with E-state index in [1.807, 2.05) is 6.07 Å². The largest absolute Gasteiger partial charge is 0.329 e. The Hall–Kier alpha value is 0.110. The molecule has 3 N–H and O–H groups in total. The van der Waals surface area contributed by atoms with E-state index in [0.717, 1.165) is 16.4 Å². The minimum atomic E-state index is -3.43. The molecule has 2 rings (SSSR count). The lowest BCUT2D eigenvalue weighted by Gasteiger charge is -2.16. The Balaban J connectivity index is 0.00000162. The minimum Gasteiger partial charge on any atom is -0.329 e. The summed E-state index contributed by atoms with van der Waals surface area (Å²) in [6.07, 6.45) is 2.13. The van der Waals surface area contributed by atoms with Crippen LogP contribution in [0.25, 0.3) is 0 Å². The van der Waals surface area contributed by atoms with Crippen LogP contribution in [0.5, 0.6) is 0 Å². The van der Waals surface area contributed by atoms with Crippen LogP contribution >= 0.6 is 35.0 Å². The first-order valence-electron chi connectivity index (χ1n) is 5.51. The molecule has 0 bridgehead atoms. The van der Waals surface area contributed by atoms with Crippen LogP contribution in [0.15, 0.2) is 29.2 Å². The van der Waals surface area contributed by atoms with Crippen molar-refractivity contribution in [2.75, 3.05) is 6.54 Å². The minimum absolute atomic E-state index is 0. The molecule has 7 heteroatoms. The second-order valence-electron chi connectivity index (χ2n) is 4.26. The van der Waals surface area contributed by atoms with Gasteiger partial charge in [0.15, 0.2) is 0 Å². The van der Waals surface area contributed by atoms with Crippen LogP contribution in [-0.4, -0.2) is 21.0 Å². The van der Waals surface area contributed by atoms with Gasteiger partial charge >= 0.3 is 0 Å². The Kier molecular flexibility index (Phi) is 5.85. The monoisotopic (exact) mass is 402 g/mol. The maximum atomic E-state index is 12.1. The van der Waals surface area contributed by atoms with E-state index in [1.165, 1.54) is 0 Å². The highest BCUT2D eigenvalue weighted by Crippen LogP contribution is 2.32. The Labute approximate surface area is 127 Å². The van der Waals surface area contributed by atoms with E-state index in [4.69, 9.17) is 5.73 Å². The van der Waals surface area contributed by atoms with Gasteiger partial charge in [-0.25, -0.2) is 13.1 Å². The van der Waals surface area contributed by atoms with Crippen molar-refractivity contribution in [2.24, 2.45) is 11.7 Å². The van der Waals surface area contributed by atoms with E-state index in [9.17, 15) is 8.42 Å². The summed E-state index contributed by atoms with van der Waals surface area (Å²) in [4.78, 5) is 0.309. The predicted octanol–water partition coefficient (Wildman–Crippen LogP) is 1.73. The second-order valence-corrected chi connectivity index (χ2v) is 7.22. The van der Waals surface area contributed by atoms with Crippen LogP contribution in [0.2, 0.25) is 0 Å². The Bertz CT molecular complexity index is 506. The third-order valence-electron chi connectivity index (χ3n) is 2.86. The van der Waals surface area contributed by atoms with Gasteiger partial charge in [-0.3, -0.25) is 0 Å². The van der Waals surface area contributed by atoms with Gasteiger partial charge in [0.2, 0.25) is 10.0 Å². The van der Waals surface area contributed by atoms with Gasteiger partial charge < -0.3 is 5.73 Å². The molecule has 1 saturated carbocycles. The van der Waals surface area contributed by atoms with E-state index < -0.39 is 10.0 Å². The normalized spacial score (nSPS) is 17.0. The maximum absolute atomic E-state index is 12.1. The molecule has 18 heavy (non-hydrogen) atoms. The molecule has 0 amide bonds. The number of halogens is 2. The fourth-order valence-electron chi connectivity index (χ4n) is 1.74. The summed E-state index contributed by atoms with van der Waals surface area (Å²) in [5.41, 5.74) is 5.60. The van der Waals surface area contributed by atoms with Crippen molar-refractivity contribution >= 4 is 45.0 Å². The smallest absolute Gasteiger partial charge is 0.240 e. The van der Waals surface area contributed by atoms with E-state index in [-0.39, 0.29) is 18.4 Å². The zero-order valence-corrected chi connectivity index (χ0v) is 13.5. The molecule has 0 heterocycles.